The van der Waals surface area contributed by atoms with Gasteiger partial charge in [-0.2, -0.15) is 0 Å². The van der Waals surface area contributed by atoms with Crippen LogP contribution in [0.15, 0.2) is 12.7 Å². The smallest absolute Gasteiger partial charge is 0.308 e. The van der Waals surface area contributed by atoms with Gasteiger partial charge in [-0.15, -0.1) is 6.58 Å². The maximum Gasteiger partial charge on any atom is 0.308 e. The molecule has 8 atom stereocenters. The van der Waals surface area contributed by atoms with E-state index in [0.717, 1.165) is 0 Å². The lowest BCUT2D eigenvalue weighted by Crippen LogP contribution is -2.57. The van der Waals surface area contributed by atoms with E-state index >= 15 is 0 Å². The normalized spacial score (nSPS) is 35.6. The summed E-state index contributed by atoms with van der Waals surface area (Å²) in [5, 5.41) is 10.2. The van der Waals surface area contributed by atoms with Crippen molar-refractivity contribution in [2.24, 2.45) is 0 Å². The number of esters is 1. The Morgan fingerprint density at radius 2 is 1.83 bits per heavy atom. The molecule has 0 aromatic heterocycles. The van der Waals surface area contributed by atoms with E-state index in [4.69, 9.17) is 33.2 Å². The summed E-state index contributed by atoms with van der Waals surface area (Å²) in [5.74, 6) is -0.350. The third kappa shape index (κ3) is 6.98. The number of hydrogen-bond acceptors (Lipinski definition) is 9. The minimum Gasteiger partial charge on any atom is -0.469 e. The first-order valence-corrected chi connectivity index (χ1v) is 10.3. The molecule has 9 heteroatoms. The van der Waals surface area contributed by atoms with E-state index < -0.39 is 18.5 Å². The number of ether oxygens (including phenoxy) is 7. The summed E-state index contributed by atoms with van der Waals surface area (Å²) in [5.41, 5.74) is 0. The molecule has 0 aromatic rings. The van der Waals surface area contributed by atoms with E-state index in [0.29, 0.717) is 32.3 Å². The monoisotopic (exact) mass is 432 g/mol. The molecular formula is C21H36O9. The van der Waals surface area contributed by atoms with Crippen molar-refractivity contribution in [3.05, 3.63) is 12.7 Å². The molecule has 0 bridgehead atoms. The lowest BCUT2D eigenvalue weighted by atomic mass is 9.94. The van der Waals surface area contributed by atoms with Gasteiger partial charge in [-0.1, -0.05) is 6.08 Å². The maximum atomic E-state index is 11.8. The van der Waals surface area contributed by atoms with Crippen LogP contribution in [0.2, 0.25) is 0 Å². The van der Waals surface area contributed by atoms with Gasteiger partial charge < -0.3 is 38.3 Å². The predicted molar refractivity (Wildman–Crippen MR) is 107 cm³/mol. The molecule has 2 saturated heterocycles. The molecule has 1 N–H and O–H groups in total. The lowest BCUT2D eigenvalue weighted by molar-refractivity contribution is -0.302. The molecular weight excluding hydrogens is 396 g/mol. The van der Waals surface area contributed by atoms with Crippen LogP contribution >= 0.6 is 0 Å². The Bertz CT molecular complexity index is 529. The van der Waals surface area contributed by atoms with Crippen molar-refractivity contribution in [3.8, 4) is 0 Å². The van der Waals surface area contributed by atoms with E-state index in [1.54, 1.807) is 27.4 Å². The topological polar surface area (TPSA) is 102 Å². The number of aliphatic hydroxyl groups excluding tert-OH is 1. The molecule has 0 aromatic carbocycles. The van der Waals surface area contributed by atoms with Gasteiger partial charge in [0.1, 0.15) is 18.3 Å². The first-order valence-electron chi connectivity index (χ1n) is 10.3. The Balaban J connectivity index is 2.06. The molecule has 0 spiro atoms. The van der Waals surface area contributed by atoms with Gasteiger partial charge >= 0.3 is 5.97 Å². The van der Waals surface area contributed by atoms with Crippen LogP contribution in [0.25, 0.3) is 0 Å². The zero-order chi connectivity index (χ0) is 22.1. The van der Waals surface area contributed by atoms with Gasteiger partial charge in [0, 0.05) is 34.2 Å². The average Bonchev–Trinajstić information content (AvgIpc) is 2.73. The molecule has 0 radical (unpaired) electrons. The summed E-state index contributed by atoms with van der Waals surface area (Å²) < 4.78 is 39.5. The van der Waals surface area contributed by atoms with Crippen LogP contribution < -0.4 is 0 Å². The minimum absolute atomic E-state index is 0.121. The Kier molecular flexibility index (Phi) is 10.7. The van der Waals surface area contributed by atoms with Crippen LogP contribution in [0.1, 0.15) is 32.1 Å². The molecule has 0 aliphatic carbocycles. The fourth-order valence-electron chi connectivity index (χ4n) is 4.11. The minimum atomic E-state index is -0.646. The van der Waals surface area contributed by atoms with Crippen LogP contribution in [-0.4, -0.2) is 95.1 Å². The molecule has 0 unspecified atom stereocenters. The molecule has 2 fully saturated rings. The van der Waals surface area contributed by atoms with Crippen molar-refractivity contribution in [2.45, 2.75) is 81.1 Å². The van der Waals surface area contributed by atoms with Crippen molar-refractivity contribution in [1.29, 1.82) is 0 Å². The molecule has 9 nitrogen and oxygen atoms in total. The van der Waals surface area contributed by atoms with Crippen LogP contribution in [-0.2, 0) is 38.0 Å². The van der Waals surface area contributed by atoms with Gasteiger partial charge in [0.25, 0.3) is 0 Å². The standard InChI is InChI=1S/C21H36O9/c1-6-7-13(22)8-14-9-15(10-16(29-14)11-18(23)25-3)30-21-20(27-5)19(26-4)17(24-2)12-28-21/h6,13-17,19-22H,1,7-12H2,2-5H3/t13-,14+,15-,16+,17+,19-,20+,21-/m0/s1. The van der Waals surface area contributed by atoms with Crippen LogP contribution in [0.5, 0.6) is 0 Å². The molecule has 30 heavy (non-hydrogen) atoms. The van der Waals surface area contributed by atoms with E-state index in [-0.39, 0.29) is 42.9 Å². The van der Waals surface area contributed by atoms with Crippen LogP contribution in [0.3, 0.4) is 0 Å². The highest BCUT2D eigenvalue weighted by Crippen LogP contribution is 2.31. The first kappa shape index (κ1) is 25.2. The lowest BCUT2D eigenvalue weighted by Gasteiger charge is -2.43. The summed E-state index contributed by atoms with van der Waals surface area (Å²) in [7, 11) is 6.12. The second-order valence-electron chi connectivity index (χ2n) is 7.68. The Hall–Kier alpha value is -1.07. The van der Waals surface area contributed by atoms with Crippen molar-refractivity contribution >= 4 is 5.97 Å². The van der Waals surface area contributed by atoms with Gasteiger partial charge in [-0.25, -0.2) is 0 Å². The van der Waals surface area contributed by atoms with Gasteiger partial charge in [0.15, 0.2) is 6.29 Å². The number of aliphatic hydroxyl groups is 1. The zero-order valence-electron chi connectivity index (χ0n) is 18.4. The molecule has 2 aliphatic rings. The Morgan fingerprint density at radius 1 is 1.13 bits per heavy atom. The number of methoxy groups -OCH3 is 4. The number of rotatable bonds is 11. The van der Waals surface area contributed by atoms with E-state index in [1.807, 2.05) is 0 Å². The summed E-state index contributed by atoms with van der Waals surface area (Å²) in [6.45, 7) is 3.97. The van der Waals surface area contributed by atoms with Gasteiger partial charge in [-0.05, 0) is 12.8 Å². The van der Waals surface area contributed by atoms with Crippen molar-refractivity contribution in [3.63, 3.8) is 0 Å². The average molecular weight is 433 g/mol. The van der Waals surface area contributed by atoms with Crippen LogP contribution in [0.4, 0.5) is 0 Å². The van der Waals surface area contributed by atoms with E-state index in [9.17, 15) is 9.90 Å². The first-order chi connectivity index (χ1) is 14.4. The number of carbonyl (C=O) groups excluding carboxylic acids is 1. The summed E-state index contributed by atoms with van der Waals surface area (Å²) >= 11 is 0. The van der Waals surface area contributed by atoms with E-state index in [2.05, 4.69) is 6.58 Å². The van der Waals surface area contributed by atoms with Crippen molar-refractivity contribution < 1.29 is 43.1 Å². The highest BCUT2D eigenvalue weighted by molar-refractivity contribution is 5.69. The van der Waals surface area contributed by atoms with Crippen LogP contribution in [0, 0.1) is 0 Å². The predicted octanol–water partition coefficient (Wildman–Crippen LogP) is 1.21. The highest BCUT2D eigenvalue weighted by atomic mass is 16.7. The van der Waals surface area contributed by atoms with Crippen molar-refractivity contribution in [2.75, 3.05) is 35.0 Å². The molecule has 2 heterocycles. The van der Waals surface area contributed by atoms with Gasteiger partial charge in [-0.3, -0.25) is 4.79 Å². The number of hydrogen-bond donors (Lipinski definition) is 1. The second-order valence-corrected chi connectivity index (χ2v) is 7.68. The maximum absolute atomic E-state index is 11.8. The molecule has 0 saturated carbocycles. The molecule has 2 aliphatic heterocycles. The molecule has 2 rings (SSSR count). The summed E-state index contributed by atoms with van der Waals surface area (Å²) in [6.07, 6.45) is 0.600. The quantitative estimate of drug-likeness (QED) is 0.381. The van der Waals surface area contributed by atoms with E-state index in [1.165, 1.54) is 7.11 Å². The zero-order valence-corrected chi connectivity index (χ0v) is 18.4. The Morgan fingerprint density at radius 3 is 2.43 bits per heavy atom. The van der Waals surface area contributed by atoms with Gasteiger partial charge in [0.2, 0.25) is 0 Å². The fourth-order valence-corrected chi connectivity index (χ4v) is 4.11. The third-order valence-corrected chi connectivity index (χ3v) is 5.59. The molecule has 174 valence electrons. The molecule has 0 amide bonds. The van der Waals surface area contributed by atoms with Gasteiger partial charge in [0.05, 0.1) is 44.6 Å². The SMILES string of the molecule is C=CC[C@H](O)C[C@@H]1C[C@H](O[C@@H]2OC[C@@H](OC)[C@H](OC)[C@H]2OC)C[C@H](CC(=O)OC)O1. The summed E-state index contributed by atoms with van der Waals surface area (Å²) in [4.78, 5) is 11.8. The summed E-state index contributed by atoms with van der Waals surface area (Å²) in [6, 6.07) is 0. The van der Waals surface area contributed by atoms with Crippen molar-refractivity contribution in [1.82, 2.24) is 0 Å². The number of carbonyl (C=O) groups is 1. The Labute approximate surface area is 178 Å². The third-order valence-electron chi connectivity index (χ3n) is 5.59. The highest BCUT2D eigenvalue weighted by Gasteiger charge is 2.44. The largest absolute Gasteiger partial charge is 0.469 e. The second kappa shape index (κ2) is 12.7. The fraction of sp³-hybridized carbons (Fsp3) is 0.857.